The van der Waals surface area contributed by atoms with Crippen molar-refractivity contribution in [1.82, 2.24) is 29.5 Å². The third-order valence-corrected chi connectivity index (χ3v) is 8.10. The summed E-state index contributed by atoms with van der Waals surface area (Å²) in [5.74, 6) is 1.59. The third kappa shape index (κ3) is 2.93. The van der Waals surface area contributed by atoms with E-state index in [1.807, 2.05) is 49.3 Å². The van der Waals surface area contributed by atoms with E-state index < -0.39 is 0 Å². The molecule has 0 N–H and O–H groups in total. The Kier molecular flexibility index (Phi) is 4.35. The minimum Gasteiger partial charge on any atom is -0.455 e. The number of ether oxygens (including phenoxy) is 1. The van der Waals surface area contributed by atoms with Crippen molar-refractivity contribution < 1.29 is 4.74 Å². The van der Waals surface area contributed by atoms with Crippen LogP contribution in [0.4, 0.5) is 0 Å². The van der Waals surface area contributed by atoms with Crippen LogP contribution in [-0.4, -0.2) is 36.2 Å². The molecule has 1 aromatic carbocycles. The van der Waals surface area contributed by atoms with E-state index in [4.69, 9.17) is 9.72 Å². The highest BCUT2D eigenvalue weighted by Gasteiger charge is 2.39. The molecule has 186 valence electrons. The van der Waals surface area contributed by atoms with Gasteiger partial charge in [0.05, 0.1) is 29.1 Å². The maximum atomic E-state index is 6.23. The molecule has 0 bridgehead atoms. The second kappa shape index (κ2) is 8.07. The van der Waals surface area contributed by atoms with Gasteiger partial charge in [-0.2, -0.15) is 0 Å². The molecule has 0 fully saturated rings. The predicted octanol–water partition coefficient (Wildman–Crippen LogP) is 3.95. The summed E-state index contributed by atoms with van der Waals surface area (Å²) in [5.41, 5.74) is 12.9. The zero-order valence-electron chi connectivity index (χ0n) is 21.2. The first kappa shape index (κ1) is 21.6. The van der Waals surface area contributed by atoms with E-state index in [0.717, 1.165) is 62.4 Å². The van der Waals surface area contributed by atoms with Gasteiger partial charge < -0.3 is 9.30 Å². The smallest absolute Gasteiger partial charge is 0.252 e. The highest BCUT2D eigenvalue weighted by atomic mass is 16.5. The quantitative estimate of drug-likeness (QED) is 0.325. The zero-order chi connectivity index (χ0) is 26.2. The van der Waals surface area contributed by atoms with Gasteiger partial charge in [0.15, 0.2) is 0 Å². The fourth-order valence-corrected chi connectivity index (χ4v) is 6.48. The molecule has 0 aliphatic carbocycles. The number of hydrogen-bond donors (Lipinski definition) is 0. The molecule has 40 heavy (non-hydrogen) atoms. The van der Waals surface area contributed by atoms with Crippen LogP contribution >= 0.6 is 0 Å². The van der Waals surface area contributed by atoms with Crippen molar-refractivity contribution in [2.75, 3.05) is 0 Å². The summed E-state index contributed by atoms with van der Waals surface area (Å²) in [6.07, 6.45) is 13.7. The molecule has 0 saturated heterocycles. The summed E-state index contributed by atoms with van der Waals surface area (Å²) in [6, 6.07) is 20.9. The van der Waals surface area contributed by atoms with E-state index in [9.17, 15) is 0 Å². The van der Waals surface area contributed by atoms with Gasteiger partial charge in [-0.25, -0.2) is 0 Å². The molecule has 7 aromatic rings. The number of fused-ring (bicyclic) bond motifs is 7. The fourth-order valence-electron chi connectivity index (χ4n) is 6.48. The minimum atomic E-state index is 0.0444. The molecular formula is C32H19BN6O. The summed E-state index contributed by atoms with van der Waals surface area (Å²) in [6.45, 7) is 0.0444. The highest BCUT2D eigenvalue weighted by molar-refractivity contribution is 6.97. The summed E-state index contributed by atoms with van der Waals surface area (Å²) in [4.78, 5) is 23.1. The Morgan fingerprint density at radius 2 is 1.50 bits per heavy atom. The van der Waals surface area contributed by atoms with Crippen LogP contribution in [0.25, 0.3) is 39.0 Å². The van der Waals surface area contributed by atoms with Crippen molar-refractivity contribution in [1.29, 1.82) is 0 Å². The maximum Gasteiger partial charge on any atom is 0.252 e. The Morgan fingerprint density at radius 1 is 0.700 bits per heavy atom. The molecular weight excluding hydrogens is 495 g/mol. The molecule has 0 saturated carbocycles. The Labute approximate surface area is 229 Å². The Morgan fingerprint density at radius 3 is 2.35 bits per heavy atom. The summed E-state index contributed by atoms with van der Waals surface area (Å²) in [5, 5.41) is 0. The van der Waals surface area contributed by atoms with E-state index in [-0.39, 0.29) is 6.71 Å². The van der Waals surface area contributed by atoms with Gasteiger partial charge in [0.25, 0.3) is 6.71 Å². The highest BCUT2D eigenvalue weighted by Crippen LogP contribution is 2.33. The van der Waals surface area contributed by atoms with Crippen LogP contribution < -0.4 is 21.1 Å². The lowest BCUT2D eigenvalue weighted by Crippen LogP contribution is -2.59. The normalized spacial score (nSPS) is 13.1. The standard InChI is InChI=1S/C32H19BN6O/c1-4-19(14-21(5-1)39-25-6-2-10-36-31(25)32-26(39)7-3-11-37-32)30-22-15-20-16-35-18-28-29(20)33(23(22)9-13-38-30)24-8-12-34-17-27(24)40-28/h1-14,16-18H,15H2. The fraction of sp³-hybridized carbons (Fsp3) is 0.0312. The molecule has 9 rings (SSSR count). The molecule has 2 aliphatic heterocycles. The third-order valence-electron chi connectivity index (χ3n) is 8.10. The van der Waals surface area contributed by atoms with Crippen LogP contribution in [0, 0.1) is 0 Å². The van der Waals surface area contributed by atoms with Crippen LogP contribution in [-0.2, 0) is 6.42 Å². The molecule has 0 unspecified atom stereocenters. The van der Waals surface area contributed by atoms with Gasteiger partial charge in [-0.3, -0.25) is 24.9 Å². The predicted molar refractivity (Wildman–Crippen MR) is 156 cm³/mol. The molecule has 7 nitrogen and oxygen atoms in total. The van der Waals surface area contributed by atoms with Crippen LogP contribution in [0.5, 0.6) is 11.5 Å². The lowest BCUT2D eigenvalue weighted by Gasteiger charge is -2.33. The number of nitrogens with zero attached hydrogens (tertiary/aromatic N) is 6. The average Bonchev–Trinajstić information content (AvgIpc) is 3.35. The number of hydrogen-bond acceptors (Lipinski definition) is 6. The SMILES string of the molecule is c1cc(-c2nccc3c2Cc2cncc4c2B3c2ccncc2O4)cc(-n2c3cccnc3c3ncccc32)c1. The Hall–Kier alpha value is -5.37. The van der Waals surface area contributed by atoms with E-state index in [1.54, 1.807) is 6.20 Å². The van der Waals surface area contributed by atoms with Gasteiger partial charge in [0.2, 0.25) is 0 Å². The monoisotopic (exact) mass is 514 g/mol. The van der Waals surface area contributed by atoms with Gasteiger partial charge in [-0.1, -0.05) is 17.6 Å². The maximum absolute atomic E-state index is 6.23. The molecule has 0 spiro atoms. The molecule has 0 radical (unpaired) electrons. The lowest BCUT2D eigenvalue weighted by atomic mass is 9.33. The van der Waals surface area contributed by atoms with E-state index in [2.05, 4.69) is 73.0 Å². The van der Waals surface area contributed by atoms with Crippen molar-refractivity contribution >= 4 is 45.2 Å². The Bertz CT molecular complexity index is 2100. The van der Waals surface area contributed by atoms with Gasteiger partial charge in [0, 0.05) is 48.7 Å². The largest absolute Gasteiger partial charge is 0.455 e. The first-order chi connectivity index (χ1) is 19.8. The van der Waals surface area contributed by atoms with Crippen molar-refractivity contribution in [3.05, 3.63) is 115 Å². The second-order valence-electron chi connectivity index (χ2n) is 10.2. The van der Waals surface area contributed by atoms with E-state index in [0.29, 0.717) is 0 Å². The van der Waals surface area contributed by atoms with Crippen LogP contribution in [0.15, 0.2) is 104 Å². The first-order valence-corrected chi connectivity index (χ1v) is 13.2. The van der Waals surface area contributed by atoms with E-state index in [1.165, 1.54) is 22.1 Å². The van der Waals surface area contributed by atoms with Crippen molar-refractivity contribution in [2.45, 2.75) is 6.42 Å². The molecule has 8 heterocycles. The van der Waals surface area contributed by atoms with Gasteiger partial charge in [0.1, 0.15) is 22.5 Å². The molecule has 0 amide bonds. The first-order valence-electron chi connectivity index (χ1n) is 13.2. The van der Waals surface area contributed by atoms with Gasteiger partial charge in [-0.15, -0.1) is 0 Å². The van der Waals surface area contributed by atoms with Crippen molar-refractivity contribution in [3.63, 3.8) is 0 Å². The average molecular weight is 514 g/mol. The van der Waals surface area contributed by atoms with Gasteiger partial charge >= 0.3 is 0 Å². The van der Waals surface area contributed by atoms with Crippen LogP contribution in [0.3, 0.4) is 0 Å². The second-order valence-corrected chi connectivity index (χ2v) is 10.2. The number of pyridine rings is 5. The summed E-state index contributed by atoms with van der Waals surface area (Å²) in [7, 11) is 0. The zero-order valence-corrected chi connectivity index (χ0v) is 21.2. The molecule has 8 heteroatoms. The minimum absolute atomic E-state index is 0.0444. The molecule has 6 aromatic heterocycles. The van der Waals surface area contributed by atoms with Crippen molar-refractivity contribution in [3.8, 4) is 28.4 Å². The number of rotatable bonds is 2. The summed E-state index contributed by atoms with van der Waals surface area (Å²) < 4.78 is 8.46. The van der Waals surface area contributed by atoms with Crippen LogP contribution in [0.2, 0.25) is 0 Å². The summed E-state index contributed by atoms with van der Waals surface area (Å²) >= 11 is 0. The van der Waals surface area contributed by atoms with Gasteiger partial charge in [-0.05, 0) is 70.6 Å². The number of aromatic nitrogens is 6. The number of benzene rings is 1. The van der Waals surface area contributed by atoms with Crippen LogP contribution in [0.1, 0.15) is 11.1 Å². The van der Waals surface area contributed by atoms with Crippen molar-refractivity contribution in [2.24, 2.45) is 0 Å². The molecule has 2 aliphatic rings. The van der Waals surface area contributed by atoms with E-state index >= 15 is 0 Å². The Balaban J connectivity index is 1.26. The molecule has 0 atom stereocenters. The lowest BCUT2D eigenvalue weighted by molar-refractivity contribution is 0.482. The topological polar surface area (TPSA) is 78.6 Å².